The molecule has 1 rings (SSSR count). The van der Waals surface area contributed by atoms with Crippen LogP contribution in [0.3, 0.4) is 0 Å². The summed E-state index contributed by atoms with van der Waals surface area (Å²) in [5.41, 5.74) is 2.12. The zero-order valence-corrected chi connectivity index (χ0v) is 16.2. The van der Waals surface area contributed by atoms with Crippen molar-refractivity contribution >= 4 is 10.1 Å². The predicted octanol–water partition coefficient (Wildman–Crippen LogP) is 5.87. The van der Waals surface area contributed by atoms with Gasteiger partial charge in [0.2, 0.25) is 0 Å². The van der Waals surface area contributed by atoms with Crippen LogP contribution in [0.5, 0.6) is 0 Å². The average molecular weight is 358 g/mol. The summed E-state index contributed by atoms with van der Waals surface area (Å²) in [6.45, 7) is 4.23. The molecule has 0 radical (unpaired) electrons. The van der Waals surface area contributed by atoms with Gasteiger partial charge < -0.3 is 6.15 Å². The van der Waals surface area contributed by atoms with E-state index < -0.39 is 10.1 Å². The minimum absolute atomic E-state index is 0. The Kier molecular flexibility index (Phi) is 12.0. The Morgan fingerprint density at radius 1 is 0.875 bits per heavy atom. The minimum atomic E-state index is -4.09. The number of benzene rings is 1. The summed E-state index contributed by atoms with van der Waals surface area (Å²) in [4.78, 5) is 0.00480. The van der Waals surface area contributed by atoms with Crippen LogP contribution in [0.2, 0.25) is 0 Å². The van der Waals surface area contributed by atoms with Gasteiger partial charge in [-0.05, 0) is 43.0 Å². The summed E-state index contributed by atoms with van der Waals surface area (Å²) < 4.78 is 31.5. The molecule has 0 spiro atoms. The molecule has 0 atom stereocenters. The molecule has 0 aliphatic heterocycles. The molecule has 4 nitrogen and oxygen atoms in total. The Hall–Kier alpha value is -0.910. The SMILES string of the molecule is CCCCCCCCCCCCc1cc(S(=O)(=O)O)ccc1C.N. The van der Waals surface area contributed by atoms with Gasteiger partial charge in [-0.3, -0.25) is 4.55 Å². The van der Waals surface area contributed by atoms with Gasteiger partial charge in [0.1, 0.15) is 0 Å². The summed E-state index contributed by atoms with van der Waals surface area (Å²) in [5.74, 6) is 0. The van der Waals surface area contributed by atoms with Gasteiger partial charge in [0.05, 0.1) is 4.90 Å². The lowest BCUT2D eigenvalue weighted by Crippen LogP contribution is -2.00. The fourth-order valence-corrected chi connectivity index (χ4v) is 3.41. The maximum atomic E-state index is 11.2. The van der Waals surface area contributed by atoms with E-state index in [1.165, 1.54) is 63.9 Å². The molecule has 0 unspecified atom stereocenters. The standard InChI is InChI=1S/C19H32O3S.H3N/c1-3-4-5-6-7-8-9-10-11-12-13-18-16-19(23(20,21)22)15-14-17(18)2;/h14-16H,3-13H2,1-2H3,(H,20,21,22);1H3. The maximum Gasteiger partial charge on any atom is 0.294 e. The minimum Gasteiger partial charge on any atom is -0.344 e. The summed E-state index contributed by atoms with van der Waals surface area (Å²) in [6, 6.07) is 4.85. The fourth-order valence-electron chi connectivity index (χ4n) is 2.88. The Balaban J connectivity index is 0.00000529. The van der Waals surface area contributed by atoms with Gasteiger partial charge in [0, 0.05) is 0 Å². The number of hydrogen-bond acceptors (Lipinski definition) is 3. The van der Waals surface area contributed by atoms with Crippen LogP contribution in [0, 0.1) is 6.92 Å². The first-order valence-electron chi connectivity index (χ1n) is 9.02. The van der Waals surface area contributed by atoms with Gasteiger partial charge >= 0.3 is 0 Å². The van der Waals surface area contributed by atoms with Crippen LogP contribution in [-0.2, 0) is 16.5 Å². The summed E-state index contributed by atoms with van der Waals surface area (Å²) in [6.07, 6.45) is 13.8. The summed E-state index contributed by atoms with van der Waals surface area (Å²) >= 11 is 0. The predicted molar refractivity (Wildman–Crippen MR) is 102 cm³/mol. The molecular weight excluding hydrogens is 322 g/mol. The molecule has 5 heteroatoms. The normalized spacial score (nSPS) is 11.3. The molecule has 1 aromatic rings. The molecule has 0 aliphatic rings. The number of rotatable bonds is 12. The van der Waals surface area contributed by atoms with Crippen LogP contribution in [0.4, 0.5) is 0 Å². The third-order valence-electron chi connectivity index (χ3n) is 4.42. The zero-order valence-electron chi connectivity index (χ0n) is 15.4. The quantitative estimate of drug-likeness (QED) is 0.362. The van der Waals surface area contributed by atoms with Gasteiger partial charge in [-0.15, -0.1) is 0 Å². The second-order valence-electron chi connectivity index (χ2n) is 6.50. The van der Waals surface area contributed by atoms with Gasteiger partial charge in [0.15, 0.2) is 0 Å². The van der Waals surface area contributed by atoms with E-state index >= 15 is 0 Å². The van der Waals surface area contributed by atoms with Crippen molar-refractivity contribution in [1.82, 2.24) is 6.15 Å². The molecule has 1 aromatic carbocycles. The van der Waals surface area contributed by atoms with E-state index in [0.717, 1.165) is 24.0 Å². The first-order valence-corrected chi connectivity index (χ1v) is 10.5. The third-order valence-corrected chi connectivity index (χ3v) is 5.27. The van der Waals surface area contributed by atoms with Crippen LogP contribution in [-0.4, -0.2) is 13.0 Å². The topological polar surface area (TPSA) is 89.4 Å². The highest BCUT2D eigenvalue weighted by molar-refractivity contribution is 7.85. The van der Waals surface area contributed by atoms with Crippen molar-refractivity contribution in [2.75, 3.05) is 0 Å². The van der Waals surface area contributed by atoms with Crippen molar-refractivity contribution in [3.05, 3.63) is 29.3 Å². The molecule has 0 heterocycles. The monoisotopic (exact) mass is 357 g/mol. The van der Waals surface area contributed by atoms with E-state index in [1.54, 1.807) is 12.1 Å². The van der Waals surface area contributed by atoms with E-state index in [0.29, 0.717) is 0 Å². The van der Waals surface area contributed by atoms with E-state index in [1.807, 2.05) is 6.92 Å². The van der Waals surface area contributed by atoms with Crippen molar-refractivity contribution in [2.45, 2.75) is 89.4 Å². The molecule has 0 saturated heterocycles. The first-order chi connectivity index (χ1) is 10.9. The van der Waals surface area contributed by atoms with Gasteiger partial charge in [0.25, 0.3) is 10.1 Å². The van der Waals surface area contributed by atoms with E-state index in [2.05, 4.69) is 6.92 Å². The number of aryl methyl sites for hydroxylation is 2. The van der Waals surface area contributed by atoms with Crippen molar-refractivity contribution in [1.29, 1.82) is 0 Å². The second-order valence-corrected chi connectivity index (χ2v) is 7.92. The summed E-state index contributed by atoms with van der Waals surface area (Å²) in [7, 11) is -4.09. The Labute approximate surface area is 148 Å². The Bertz CT molecular complexity index is 556. The molecule has 0 amide bonds. The van der Waals surface area contributed by atoms with Crippen LogP contribution in [0.25, 0.3) is 0 Å². The van der Waals surface area contributed by atoms with Crippen LogP contribution in [0.1, 0.15) is 82.3 Å². The lowest BCUT2D eigenvalue weighted by atomic mass is 10.0. The Morgan fingerprint density at radius 3 is 1.88 bits per heavy atom. The van der Waals surface area contributed by atoms with Crippen LogP contribution < -0.4 is 6.15 Å². The van der Waals surface area contributed by atoms with E-state index in [4.69, 9.17) is 4.55 Å². The second kappa shape index (κ2) is 12.5. The zero-order chi connectivity index (χ0) is 17.1. The highest BCUT2D eigenvalue weighted by Gasteiger charge is 2.11. The lowest BCUT2D eigenvalue weighted by molar-refractivity contribution is 0.483. The third kappa shape index (κ3) is 9.40. The molecule has 0 aromatic heterocycles. The average Bonchev–Trinajstić information content (AvgIpc) is 2.49. The molecule has 0 bridgehead atoms. The molecule has 24 heavy (non-hydrogen) atoms. The van der Waals surface area contributed by atoms with Crippen molar-refractivity contribution < 1.29 is 13.0 Å². The van der Waals surface area contributed by atoms with E-state index in [-0.39, 0.29) is 11.0 Å². The molecule has 0 aliphatic carbocycles. The van der Waals surface area contributed by atoms with Crippen LogP contribution >= 0.6 is 0 Å². The fraction of sp³-hybridized carbons (Fsp3) is 0.684. The number of unbranched alkanes of at least 4 members (excludes halogenated alkanes) is 9. The van der Waals surface area contributed by atoms with E-state index in [9.17, 15) is 8.42 Å². The van der Waals surface area contributed by atoms with Gasteiger partial charge in [-0.1, -0.05) is 70.8 Å². The van der Waals surface area contributed by atoms with Crippen molar-refractivity contribution in [3.63, 3.8) is 0 Å². The molecule has 0 saturated carbocycles. The molecule has 4 N–H and O–H groups in total. The largest absolute Gasteiger partial charge is 0.344 e. The first kappa shape index (κ1) is 23.1. The molecule has 140 valence electrons. The highest BCUT2D eigenvalue weighted by atomic mass is 32.2. The van der Waals surface area contributed by atoms with Crippen molar-refractivity contribution in [3.8, 4) is 0 Å². The van der Waals surface area contributed by atoms with Gasteiger partial charge in [-0.25, -0.2) is 0 Å². The number of hydrogen-bond donors (Lipinski definition) is 2. The Morgan fingerprint density at radius 2 is 1.38 bits per heavy atom. The highest BCUT2D eigenvalue weighted by Crippen LogP contribution is 2.18. The molecular formula is C19H35NO3S. The van der Waals surface area contributed by atoms with Crippen molar-refractivity contribution in [2.24, 2.45) is 0 Å². The lowest BCUT2D eigenvalue weighted by Gasteiger charge is -2.08. The van der Waals surface area contributed by atoms with Gasteiger partial charge in [-0.2, -0.15) is 8.42 Å². The van der Waals surface area contributed by atoms with Crippen LogP contribution in [0.15, 0.2) is 23.1 Å². The summed E-state index contributed by atoms with van der Waals surface area (Å²) in [5, 5.41) is 0. The maximum absolute atomic E-state index is 11.2. The molecule has 0 fully saturated rings. The smallest absolute Gasteiger partial charge is 0.294 e.